The van der Waals surface area contributed by atoms with Crippen molar-refractivity contribution >= 4 is 17.9 Å². The van der Waals surface area contributed by atoms with E-state index in [1.807, 2.05) is 39.0 Å². The zero-order valence-electron chi connectivity index (χ0n) is 20.4. The van der Waals surface area contributed by atoms with Crippen molar-refractivity contribution in [2.45, 2.75) is 85.0 Å². The number of hydrogen-bond donors (Lipinski definition) is 3. The van der Waals surface area contributed by atoms with Crippen molar-refractivity contribution in [2.24, 2.45) is 0 Å². The molecule has 8 nitrogen and oxygen atoms in total. The van der Waals surface area contributed by atoms with Gasteiger partial charge in [0, 0.05) is 12.6 Å². The Morgan fingerprint density at radius 2 is 1.75 bits per heavy atom. The van der Waals surface area contributed by atoms with Crippen LogP contribution in [0.1, 0.15) is 71.6 Å². The summed E-state index contributed by atoms with van der Waals surface area (Å²) in [6.45, 7) is 12.2. The van der Waals surface area contributed by atoms with Gasteiger partial charge in [0.25, 0.3) is 0 Å². The van der Waals surface area contributed by atoms with E-state index in [4.69, 9.17) is 4.74 Å². The molecule has 32 heavy (non-hydrogen) atoms. The van der Waals surface area contributed by atoms with Crippen LogP contribution in [0.25, 0.3) is 0 Å². The van der Waals surface area contributed by atoms with Crippen LogP contribution in [-0.4, -0.2) is 58.8 Å². The molecule has 0 aliphatic carbocycles. The van der Waals surface area contributed by atoms with Crippen LogP contribution in [0, 0.1) is 6.92 Å². The van der Waals surface area contributed by atoms with Gasteiger partial charge < -0.3 is 25.4 Å². The Balaban J connectivity index is 3.25. The maximum atomic E-state index is 13.3. The molecule has 0 heterocycles. The molecule has 0 radical (unpaired) electrons. The Bertz CT molecular complexity index is 775. The fourth-order valence-electron chi connectivity index (χ4n) is 3.44. The van der Waals surface area contributed by atoms with Gasteiger partial charge in [-0.1, -0.05) is 37.6 Å². The SMILES string of the molecule is CCCC(C)NC(=O)C(c1ccccc1C)N(CCO)C(=O)C(C)NC(=O)OC(C)(C)C. The molecule has 0 aromatic heterocycles. The molecule has 1 aromatic carbocycles. The number of carbonyl (C=O) groups is 3. The highest BCUT2D eigenvalue weighted by Gasteiger charge is 2.35. The first-order valence-electron chi connectivity index (χ1n) is 11.2. The van der Waals surface area contributed by atoms with Gasteiger partial charge >= 0.3 is 6.09 Å². The smallest absolute Gasteiger partial charge is 0.408 e. The zero-order valence-corrected chi connectivity index (χ0v) is 20.4. The number of aryl methyl sites for hydroxylation is 1. The number of alkyl carbamates (subject to hydrolysis) is 1. The van der Waals surface area contributed by atoms with Gasteiger partial charge in [0.15, 0.2) is 0 Å². The lowest BCUT2D eigenvalue weighted by molar-refractivity contribution is -0.143. The van der Waals surface area contributed by atoms with Crippen LogP contribution in [0.5, 0.6) is 0 Å². The van der Waals surface area contributed by atoms with E-state index < -0.39 is 29.7 Å². The summed E-state index contributed by atoms with van der Waals surface area (Å²) in [5, 5.41) is 15.2. The van der Waals surface area contributed by atoms with Crippen LogP contribution in [0.2, 0.25) is 0 Å². The number of aliphatic hydroxyl groups is 1. The van der Waals surface area contributed by atoms with Crippen molar-refractivity contribution in [3.05, 3.63) is 35.4 Å². The summed E-state index contributed by atoms with van der Waals surface area (Å²) in [6, 6.07) is 5.37. The van der Waals surface area contributed by atoms with E-state index in [9.17, 15) is 19.5 Å². The van der Waals surface area contributed by atoms with Crippen molar-refractivity contribution in [2.75, 3.05) is 13.2 Å². The molecular formula is C24H39N3O5. The first-order valence-corrected chi connectivity index (χ1v) is 11.2. The number of amides is 3. The molecule has 1 aromatic rings. The molecule has 0 aliphatic rings. The van der Waals surface area contributed by atoms with Gasteiger partial charge in [0.05, 0.1) is 6.61 Å². The van der Waals surface area contributed by atoms with Crippen molar-refractivity contribution in [1.29, 1.82) is 0 Å². The number of nitrogens with one attached hydrogen (secondary N) is 2. The van der Waals surface area contributed by atoms with E-state index in [1.54, 1.807) is 26.8 Å². The largest absolute Gasteiger partial charge is 0.444 e. The lowest BCUT2D eigenvalue weighted by atomic mass is 9.97. The lowest BCUT2D eigenvalue weighted by Crippen LogP contribution is -2.53. The first-order chi connectivity index (χ1) is 14.9. The number of aliphatic hydroxyl groups excluding tert-OH is 1. The van der Waals surface area contributed by atoms with Gasteiger partial charge in [-0.15, -0.1) is 0 Å². The van der Waals surface area contributed by atoms with Gasteiger partial charge in [-0.2, -0.15) is 0 Å². The third-order valence-corrected chi connectivity index (χ3v) is 4.88. The van der Waals surface area contributed by atoms with Gasteiger partial charge in [-0.05, 0) is 59.1 Å². The van der Waals surface area contributed by atoms with Crippen LogP contribution in [-0.2, 0) is 14.3 Å². The maximum absolute atomic E-state index is 13.3. The second-order valence-electron chi connectivity index (χ2n) is 9.08. The molecule has 0 bridgehead atoms. The summed E-state index contributed by atoms with van der Waals surface area (Å²) in [7, 11) is 0. The minimum absolute atomic E-state index is 0.0618. The van der Waals surface area contributed by atoms with E-state index in [-0.39, 0.29) is 25.1 Å². The Kier molecular flexibility index (Phi) is 10.7. The van der Waals surface area contributed by atoms with Crippen LogP contribution in [0.3, 0.4) is 0 Å². The molecule has 0 aliphatic heterocycles. The Hall–Kier alpha value is -2.61. The van der Waals surface area contributed by atoms with Crippen LogP contribution >= 0.6 is 0 Å². The van der Waals surface area contributed by atoms with E-state index in [1.165, 1.54) is 11.8 Å². The van der Waals surface area contributed by atoms with Crippen molar-refractivity contribution in [1.82, 2.24) is 15.5 Å². The highest BCUT2D eigenvalue weighted by atomic mass is 16.6. The maximum Gasteiger partial charge on any atom is 0.408 e. The van der Waals surface area contributed by atoms with Gasteiger partial charge in [0.1, 0.15) is 17.7 Å². The van der Waals surface area contributed by atoms with Gasteiger partial charge in [0.2, 0.25) is 11.8 Å². The van der Waals surface area contributed by atoms with Crippen LogP contribution in [0.15, 0.2) is 24.3 Å². The predicted octanol–water partition coefficient (Wildman–Crippen LogP) is 3.08. The zero-order chi connectivity index (χ0) is 24.5. The minimum atomic E-state index is -0.955. The van der Waals surface area contributed by atoms with Gasteiger partial charge in [-0.3, -0.25) is 9.59 Å². The average molecular weight is 450 g/mol. The summed E-state index contributed by atoms with van der Waals surface area (Å²) in [4.78, 5) is 40.2. The summed E-state index contributed by atoms with van der Waals surface area (Å²) in [5.41, 5.74) is 0.802. The first kappa shape index (κ1) is 27.4. The molecule has 0 spiro atoms. The van der Waals surface area contributed by atoms with Crippen molar-refractivity contribution in [3.63, 3.8) is 0 Å². The standard InChI is InChI=1S/C24H39N3O5/c1-8-11-17(3)25-21(29)20(19-13-10-9-12-16(19)2)27(14-15-28)22(30)18(4)26-23(31)32-24(5,6)7/h9-10,12-13,17-18,20,28H,8,11,14-15H2,1-7H3,(H,25,29)(H,26,31). The third-order valence-electron chi connectivity index (χ3n) is 4.88. The molecule has 180 valence electrons. The molecule has 3 N–H and O–H groups in total. The fourth-order valence-corrected chi connectivity index (χ4v) is 3.44. The van der Waals surface area contributed by atoms with E-state index in [0.29, 0.717) is 5.56 Å². The molecule has 0 saturated carbocycles. The van der Waals surface area contributed by atoms with Gasteiger partial charge in [-0.25, -0.2) is 4.79 Å². The van der Waals surface area contributed by atoms with Crippen molar-refractivity contribution < 1.29 is 24.2 Å². The number of hydrogen-bond acceptors (Lipinski definition) is 5. The van der Waals surface area contributed by atoms with E-state index >= 15 is 0 Å². The molecule has 3 atom stereocenters. The Labute approximate surface area is 191 Å². The highest BCUT2D eigenvalue weighted by molar-refractivity contribution is 5.92. The molecule has 0 fully saturated rings. The van der Waals surface area contributed by atoms with E-state index in [0.717, 1.165) is 18.4 Å². The normalized spacial score (nSPS) is 14.1. The summed E-state index contributed by atoms with van der Waals surface area (Å²) in [6.07, 6.45) is 0.986. The number of ether oxygens (including phenoxy) is 1. The van der Waals surface area contributed by atoms with Crippen LogP contribution in [0.4, 0.5) is 4.79 Å². The predicted molar refractivity (Wildman–Crippen MR) is 124 cm³/mol. The Morgan fingerprint density at radius 3 is 2.28 bits per heavy atom. The highest BCUT2D eigenvalue weighted by Crippen LogP contribution is 2.25. The van der Waals surface area contributed by atoms with Crippen molar-refractivity contribution in [3.8, 4) is 0 Å². The topological polar surface area (TPSA) is 108 Å². The molecule has 3 unspecified atom stereocenters. The monoisotopic (exact) mass is 449 g/mol. The quantitative estimate of drug-likeness (QED) is 0.509. The van der Waals surface area contributed by atoms with E-state index in [2.05, 4.69) is 10.6 Å². The molecule has 0 saturated heterocycles. The fraction of sp³-hybridized carbons (Fsp3) is 0.625. The third kappa shape index (κ3) is 8.49. The Morgan fingerprint density at radius 1 is 1.12 bits per heavy atom. The number of benzene rings is 1. The second-order valence-corrected chi connectivity index (χ2v) is 9.08. The average Bonchev–Trinajstić information content (AvgIpc) is 2.66. The molecule has 1 rings (SSSR count). The number of rotatable bonds is 10. The molecule has 8 heteroatoms. The number of nitrogens with zero attached hydrogens (tertiary/aromatic N) is 1. The van der Waals surface area contributed by atoms with Crippen LogP contribution < -0.4 is 10.6 Å². The lowest BCUT2D eigenvalue weighted by Gasteiger charge is -2.34. The second kappa shape index (κ2) is 12.4. The summed E-state index contributed by atoms with van der Waals surface area (Å²) in [5.74, 6) is -0.817. The summed E-state index contributed by atoms with van der Waals surface area (Å²) >= 11 is 0. The summed E-state index contributed by atoms with van der Waals surface area (Å²) < 4.78 is 5.24. The molecule has 3 amide bonds. The minimum Gasteiger partial charge on any atom is -0.444 e. The number of carbonyl (C=O) groups excluding carboxylic acids is 3. The molecular weight excluding hydrogens is 410 g/mol.